The zero-order valence-corrected chi connectivity index (χ0v) is 12.0. The summed E-state index contributed by atoms with van der Waals surface area (Å²) in [5.74, 6) is 0.578. The van der Waals surface area contributed by atoms with Crippen LogP contribution in [0.15, 0.2) is 23.1 Å². The fourth-order valence-corrected chi connectivity index (χ4v) is 3.77. The van der Waals surface area contributed by atoms with Crippen LogP contribution in [0, 0.1) is 6.92 Å². The van der Waals surface area contributed by atoms with E-state index >= 15 is 0 Å². The van der Waals surface area contributed by atoms with Gasteiger partial charge in [0.15, 0.2) is 0 Å². The van der Waals surface area contributed by atoms with Crippen LogP contribution in [0.25, 0.3) is 0 Å². The van der Waals surface area contributed by atoms with Crippen LogP contribution >= 0.6 is 0 Å². The maximum absolute atomic E-state index is 12.3. The van der Waals surface area contributed by atoms with Gasteiger partial charge in [-0.3, -0.25) is 4.21 Å². The van der Waals surface area contributed by atoms with Gasteiger partial charge in [0.2, 0.25) is 0 Å². The van der Waals surface area contributed by atoms with Gasteiger partial charge >= 0.3 is 0 Å². The van der Waals surface area contributed by atoms with E-state index in [-0.39, 0.29) is 11.7 Å². The Kier molecular flexibility index (Phi) is 3.78. The topological polar surface area (TPSA) is 52.3 Å². The lowest BCUT2D eigenvalue weighted by Crippen LogP contribution is -2.23. The molecule has 1 fully saturated rings. The number of rotatable bonds is 3. The molecule has 100 valence electrons. The van der Waals surface area contributed by atoms with Gasteiger partial charge in [0, 0.05) is 10.6 Å². The Morgan fingerprint density at radius 3 is 2.78 bits per heavy atom. The number of hydrogen-bond acceptors (Lipinski definition) is 3. The first-order chi connectivity index (χ1) is 8.37. The Bertz CT molecular complexity index is 471. The van der Waals surface area contributed by atoms with Crippen molar-refractivity contribution in [3.63, 3.8) is 0 Å². The minimum Gasteiger partial charge on any atom is -0.399 e. The molecular formula is C14H21NO2S. The number of ether oxygens (including phenoxy) is 1. The summed E-state index contributed by atoms with van der Waals surface area (Å²) < 4.78 is 18.2. The van der Waals surface area contributed by atoms with Crippen molar-refractivity contribution in [3.05, 3.63) is 23.8 Å². The van der Waals surface area contributed by atoms with Crippen LogP contribution in [0.2, 0.25) is 0 Å². The fourth-order valence-electron chi connectivity index (χ4n) is 2.38. The molecule has 2 rings (SSSR count). The van der Waals surface area contributed by atoms with Crippen LogP contribution in [-0.4, -0.2) is 21.7 Å². The summed E-state index contributed by atoms with van der Waals surface area (Å²) >= 11 is 0. The molecular weight excluding hydrogens is 246 g/mol. The van der Waals surface area contributed by atoms with E-state index in [0.717, 1.165) is 23.3 Å². The summed E-state index contributed by atoms with van der Waals surface area (Å²) in [5, 5.41) is 0. The third kappa shape index (κ3) is 3.12. The number of nitrogen functional groups attached to an aromatic ring is 1. The molecule has 1 heterocycles. The Labute approximate surface area is 111 Å². The highest BCUT2D eigenvalue weighted by molar-refractivity contribution is 7.85. The molecule has 3 nitrogen and oxygen atoms in total. The average Bonchev–Trinajstić information content (AvgIpc) is 2.57. The van der Waals surface area contributed by atoms with E-state index in [1.165, 1.54) is 0 Å². The fraction of sp³-hybridized carbons (Fsp3) is 0.571. The molecule has 2 N–H and O–H groups in total. The van der Waals surface area contributed by atoms with Crippen LogP contribution < -0.4 is 5.73 Å². The van der Waals surface area contributed by atoms with Crippen LogP contribution in [0.4, 0.5) is 5.69 Å². The molecule has 1 aliphatic heterocycles. The van der Waals surface area contributed by atoms with Crippen molar-refractivity contribution >= 4 is 16.5 Å². The van der Waals surface area contributed by atoms with Gasteiger partial charge in [-0.1, -0.05) is 0 Å². The van der Waals surface area contributed by atoms with Gasteiger partial charge in [-0.05, 0) is 57.4 Å². The molecule has 0 amide bonds. The van der Waals surface area contributed by atoms with Gasteiger partial charge in [0.25, 0.3) is 0 Å². The first kappa shape index (κ1) is 13.6. The molecule has 1 aromatic carbocycles. The number of anilines is 1. The maximum Gasteiger partial charge on any atom is 0.0702 e. The van der Waals surface area contributed by atoms with E-state index in [1.54, 1.807) is 6.07 Å². The molecule has 2 unspecified atom stereocenters. The first-order valence-corrected chi connectivity index (χ1v) is 7.61. The lowest BCUT2D eigenvalue weighted by atomic mass is 10.1. The summed E-state index contributed by atoms with van der Waals surface area (Å²) in [4.78, 5) is 0.873. The van der Waals surface area contributed by atoms with Gasteiger partial charge in [-0.15, -0.1) is 0 Å². The zero-order chi connectivity index (χ0) is 13.3. The SMILES string of the molecule is Cc1cc(N)ccc1S(=O)CC1CCC(C)(C)O1. The van der Waals surface area contributed by atoms with Crippen LogP contribution in [0.1, 0.15) is 32.3 Å². The molecule has 2 atom stereocenters. The molecule has 0 bridgehead atoms. The molecule has 0 saturated carbocycles. The Balaban J connectivity index is 2.04. The normalized spacial score (nSPS) is 24.1. The third-order valence-corrected chi connectivity index (χ3v) is 4.96. The second-order valence-corrected chi connectivity index (χ2v) is 7.04. The van der Waals surface area contributed by atoms with Crippen LogP contribution in [0.5, 0.6) is 0 Å². The molecule has 1 aromatic rings. The lowest BCUT2D eigenvalue weighted by molar-refractivity contribution is -0.00498. The van der Waals surface area contributed by atoms with Gasteiger partial charge < -0.3 is 10.5 Å². The summed E-state index contributed by atoms with van der Waals surface area (Å²) in [7, 11) is -1.01. The van der Waals surface area contributed by atoms with E-state index in [2.05, 4.69) is 13.8 Å². The van der Waals surface area contributed by atoms with Crippen molar-refractivity contribution in [2.45, 2.75) is 50.2 Å². The Morgan fingerprint density at radius 2 is 2.22 bits per heavy atom. The van der Waals surface area contributed by atoms with E-state index < -0.39 is 10.8 Å². The van der Waals surface area contributed by atoms with Crippen molar-refractivity contribution < 1.29 is 8.95 Å². The van der Waals surface area contributed by atoms with Crippen molar-refractivity contribution in [2.24, 2.45) is 0 Å². The smallest absolute Gasteiger partial charge is 0.0702 e. The second kappa shape index (κ2) is 5.02. The Morgan fingerprint density at radius 1 is 1.50 bits per heavy atom. The van der Waals surface area contributed by atoms with Crippen molar-refractivity contribution in [1.82, 2.24) is 0 Å². The van der Waals surface area contributed by atoms with Crippen molar-refractivity contribution in [2.75, 3.05) is 11.5 Å². The molecule has 1 saturated heterocycles. The average molecular weight is 267 g/mol. The number of nitrogens with two attached hydrogens (primary N) is 1. The molecule has 1 aliphatic rings. The van der Waals surface area contributed by atoms with Crippen LogP contribution in [0.3, 0.4) is 0 Å². The highest BCUT2D eigenvalue weighted by Gasteiger charge is 2.32. The zero-order valence-electron chi connectivity index (χ0n) is 11.2. The van der Waals surface area contributed by atoms with Crippen LogP contribution in [-0.2, 0) is 15.5 Å². The molecule has 0 aromatic heterocycles. The molecule has 0 aliphatic carbocycles. The maximum atomic E-state index is 12.3. The largest absolute Gasteiger partial charge is 0.399 e. The minimum atomic E-state index is -1.01. The van der Waals surface area contributed by atoms with Gasteiger partial charge in [0.1, 0.15) is 0 Å². The summed E-state index contributed by atoms with van der Waals surface area (Å²) in [6.07, 6.45) is 2.14. The number of benzene rings is 1. The summed E-state index contributed by atoms with van der Waals surface area (Å²) in [5.41, 5.74) is 7.34. The molecule has 18 heavy (non-hydrogen) atoms. The molecule has 4 heteroatoms. The van der Waals surface area contributed by atoms with Crippen molar-refractivity contribution in [3.8, 4) is 0 Å². The number of aryl methyl sites for hydroxylation is 1. The standard InChI is InChI=1S/C14H21NO2S/c1-10-8-11(15)4-5-13(10)18(16)9-12-6-7-14(2,3)17-12/h4-5,8,12H,6-7,9,15H2,1-3H3. The van der Waals surface area contributed by atoms with Gasteiger partial charge in [0.05, 0.1) is 28.3 Å². The second-order valence-electron chi connectivity index (χ2n) is 5.58. The third-order valence-electron chi connectivity index (χ3n) is 3.34. The summed E-state index contributed by atoms with van der Waals surface area (Å²) in [6, 6.07) is 5.53. The van der Waals surface area contributed by atoms with E-state index in [9.17, 15) is 4.21 Å². The van der Waals surface area contributed by atoms with E-state index in [4.69, 9.17) is 10.5 Å². The van der Waals surface area contributed by atoms with E-state index in [1.807, 2.05) is 19.1 Å². The first-order valence-electron chi connectivity index (χ1n) is 6.30. The predicted octanol–water partition coefficient (Wildman–Crippen LogP) is 2.64. The monoisotopic (exact) mass is 267 g/mol. The predicted molar refractivity (Wildman–Crippen MR) is 75.1 cm³/mol. The van der Waals surface area contributed by atoms with Gasteiger partial charge in [-0.2, -0.15) is 0 Å². The van der Waals surface area contributed by atoms with E-state index in [0.29, 0.717) is 11.4 Å². The van der Waals surface area contributed by atoms with Crippen molar-refractivity contribution in [1.29, 1.82) is 0 Å². The quantitative estimate of drug-likeness (QED) is 0.857. The Hall–Kier alpha value is -0.870. The molecule has 0 spiro atoms. The lowest BCUT2D eigenvalue weighted by Gasteiger charge is -2.19. The minimum absolute atomic E-state index is 0.0645. The van der Waals surface area contributed by atoms with Gasteiger partial charge in [-0.25, -0.2) is 0 Å². The molecule has 0 radical (unpaired) electrons. The summed E-state index contributed by atoms with van der Waals surface area (Å²) in [6.45, 7) is 6.12. The number of hydrogen-bond donors (Lipinski definition) is 1. The highest BCUT2D eigenvalue weighted by atomic mass is 32.2. The highest BCUT2D eigenvalue weighted by Crippen LogP contribution is 2.30.